The van der Waals surface area contributed by atoms with Crippen LogP contribution in [0.5, 0.6) is 0 Å². The Hall–Kier alpha value is -1.51. The van der Waals surface area contributed by atoms with Gasteiger partial charge in [-0.25, -0.2) is 4.57 Å². The highest BCUT2D eigenvalue weighted by atomic mass is 31.2. The first-order valence-electron chi connectivity index (χ1n) is 10.5. The minimum atomic E-state index is -3.63. The molecular weight excluding hydrogens is 371 g/mol. The molecule has 0 bridgehead atoms. The summed E-state index contributed by atoms with van der Waals surface area (Å²) in [6, 6.07) is 6.89. The summed E-state index contributed by atoms with van der Waals surface area (Å²) in [5, 5.41) is 0. The predicted molar refractivity (Wildman–Crippen MR) is 117 cm³/mol. The molecule has 0 aliphatic rings. The van der Waals surface area contributed by atoms with Gasteiger partial charge in [-0.1, -0.05) is 70.9 Å². The van der Waals surface area contributed by atoms with Gasteiger partial charge in [0.2, 0.25) is 0 Å². The zero-order valence-electron chi connectivity index (χ0n) is 17.7. The molecule has 0 atom stereocenters. The van der Waals surface area contributed by atoms with Crippen LogP contribution >= 0.6 is 7.82 Å². The van der Waals surface area contributed by atoms with E-state index in [4.69, 9.17) is 13.6 Å². The van der Waals surface area contributed by atoms with Crippen molar-refractivity contribution in [1.82, 2.24) is 0 Å². The number of benzene rings is 1. The smallest absolute Gasteiger partial charge is 0.404 e. The lowest BCUT2D eigenvalue weighted by Gasteiger charge is -2.15. The highest BCUT2D eigenvalue weighted by Crippen LogP contribution is 2.49. The van der Waals surface area contributed by atoms with Crippen LogP contribution in [0.1, 0.15) is 75.5 Å². The largest absolute Gasteiger partial charge is 0.586 e. The van der Waals surface area contributed by atoms with E-state index in [2.05, 4.69) is 45.2 Å². The molecule has 0 aliphatic heterocycles. The van der Waals surface area contributed by atoms with E-state index in [1.807, 2.05) is 0 Å². The SMILES string of the molecule is C=COP(=O)(OC=C)OCCCc1ccc(CCCCC)cc1CCCCC. The van der Waals surface area contributed by atoms with Gasteiger partial charge in [0.05, 0.1) is 19.1 Å². The number of aryl methyl sites for hydroxylation is 3. The summed E-state index contributed by atoms with van der Waals surface area (Å²) >= 11 is 0. The Morgan fingerprint density at radius 3 is 2.07 bits per heavy atom. The average Bonchev–Trinajstić information content (AvgIpc) is 2.67. The van der Waals surface area contributed by atoms with E-state index < -0.39 is 7.82 Å². The summed E-state index contributed by atoms with van der Waals surface area (Å²) < 4.78 is 27.3. The van der Waals surface area contributed by atoms with Crippen molar-refractivity contribution in [2.45, 2.75) is 78.1 Å². The van der Waals surface area contributed by atoms with Crippen molar-refractivity contribution in [1.29, 1.82) is 0 Å². The molecule has 0 fully saturated rings. The van der Waals surface area contributed by atoms with E-state index in [0.29, 0.717) is 0 Å². The maximum atomic E-state index is 12.2. The number of unbranched alkanes of at least 4 members (excludes halogenated alkanes) is 4. The van der Waals surface area contributed by atoms with Gasteiger partial charge < -0.3 is 9.05 Å². The standard InChI is InChI=1S/C23H37O4P/c1-5-9-11-14-21-17-18-22(23(20-21)15-12-10-6-2)16-13-19-27-28(24,25-7-3)26-8-4/h7-8,17-18,20H,3-6,9-16,19H2,1-2H3. The Morgan fingerprint density at radius 1 is 0.857 bits per heavy atom. The van der Waals surface area contributed by atoms with Gasteiger partial charge in [0.1, 0.15) is 0 Å². The van der Waals surface area contributed by atoms with Crippen LogP contribution < -0.4 is 0 Å². The molecule has 0 spiro atoms. The van der Waals surface area contributed by atoms with Crippen LogP contribution in [0.15, 0.2) is 43.9 Å². The fourth-order valence-corrected chi connectivity index (χ4v) is 4.05. The lowest BCUT2D eigenvalue weighted by molar-refractivity contribution is 0.178. The van der Waals surface area contributed by atoms with E-state index >= 15 is 0 Å². The third kappa shape index (κ3) is 9.61. The van der Waals surface area contributed by atoms with Crippen molar-refractivity contribution in [3.63, 3.8) is 0 Å². The molecular formula is C23H37O4P. The zero-order valence-corrected chi connectivity index (χ0v) is 18.6. The van der Waals surface area contributed by atoms with Crippen LogP contribution in [0.2, 0.25) is 0 Å². The van der Waals surface area contributed by atoms with Crippen molar-refractivity contribution < 1.29 is 18.1 Å². The Balaban J connectivity index is 2.66. The minimum absolute atomic E-state index is 0.283. The first-order valence-corrected chi connectivity index (χ1v) is 12.0. The highest BCUT2D eigenvalue weighted by molar-refractivity contribution is 7.48. The van der Waals surface area contributed by atoms with Crippen molar-refractivity contribution in [2.24, 2.45) is 0 Å². The first kappa shape index (κ1) is 24.5. The van der Waals surface area contributed by atoms with Gasteiger partial charge in [-0.05, 0) is 55.2 Å². The minimum Gasteiger partial charge on any atom is -0.404 e. The average molecular weight is 409 g/mol. The van der Waals surface area contributed by atoms with Gasteiger partial charge in [-0.3, -0.25) is 4.52 Å². The molecule has 1 rings (SSSR count). The quantitative estimate of drug-likeness (QED) is 0.152. The zero-order chi connectivity index (χ0) is 20.7. The van der Waals surface area contributed by atoms with Gasteiger partial charge in [0.15, 0.2) is 0 Å². The molecule has 0 heterocycles. The maximum Gasteiger partial charge on any atom is 0.586 e. The van der Waals surface area contributed by atoms with E-state index in [1.54, 1.807) is 0 Å². The second kappa shape index (κ2) is 14.5. The van der Waals surface area contributed by atoms with Crippen LogP contribution in [0.4, 0.5) is 0 Å². The molecule has 1 aromatic rings. The molecule has 0 saturated carbocycles. The molecule has 0 aliphatic carbocycles. The lowest BCUT2D eigenvalue weighted by atomic mass is 9.94. The molecule has 4 nitrogen and oxygen atoms in total. The van der Waals surface area contributed by atoms with Crippen LogP contribution in [-0.4, -0.2) is 6.61 Å². The second-order valence-corrected chi connectivity index (χ2v) is 8.52. The molecule has 0 unspecified atom stereocenters. The molecule has 0 N–H and O–H groups in total. The van der Waals surface area contributed by atoms with Gasteiger partial charge in [-0.2, -0.15) is 0 Å². The molecule has 5 heteroatoms. The summed E-state index contributed by atoms with van der Waals surface area (Å²) in [5.41, 5.74) is 4.22. The molecule has 158 valence electrons. The normalized spacial score (nSPS) is 11.2. The Kier molecular flexibility index (Phi) is 12.7. The van der Waals surface area contributed by atoms with Crippen LogP contribution in [0.25, 0.3) is 0 Å². The van der Waals surface area contributed by atoms with Gasteiger partial charge >= 0.3 is 7.82 Å². The Bertz CT molecular complexity index is 613. The summed E-state index contributed by atoms with van der Waals surface area (Å²) in [4.78, 5) is 0. The van der Waals surface area contributed by atoms with E-state index in [-0.39, 0.29) is 6.61 Å². The third-order valence-electron chi connectivity index (χ3n) is 4.64. The van der Waals surface area contributed by atoms with E-state index in [9.17, 15) is 4.57 Å². The number of phosphoric ester groups is 1. The summed E-state index contributed by atoms with van der Waals surface area (Å²) in [7, 11) is -3.63. The second-order valence-electron chi connectivity index (χ2n) is 6.95. The van der Waals surface area contributed by atoms with Crippen LogP contribution in [-0.2, 0) is 37.4 Å². The summed E-state index contributed by atoms with van der Waals surface area (Å²) in [5.74, 6) is 0. The number of hydrogen-bond acceptors (Lipinski definition) is 4. The number of rotatable bonds is 17. The van der Waals surface area contributed by atoms with E-state index in [0.717, 1.165) is 38.2 Å². The molecule has 0 aromatic heterocycles. The predicted octanol–water partition coefficient (Wildman–Crippen LogP) is 7.53. The molecule has 28 heavy (non-hydrogen) atoms. The van der Waals surface area contributed by atoms with Gasteiger partial charge in [0, 0.05) is 0 Å². The topological polar surface area (TPSA) is 44.8 Å². The van der Waals surface area contributed by atoms with Crippen LogP contribution in [0, 0.1) is 0 Å². The number of hydrogen-bond donors (Lipinski definition) is 0. The molecule has 0 saturated heterocycles. The Labute approximate surface area is 171 Å². The van der Waals surface area contributed by atoms with Gasteiger partial charge in [0.25, 0.3) is 0 Å². The summed E-state index contributed by atoms with van der Waals surface area (Å²) in [6.07, 6.45) is 13.5. The first-order chi connectivity index (χ1) is 13.6. The Morgan fingerprint density at radius 2 is 1.46 bits per heavy atom. The fraction of sp³-hybridized carbons (Fsp3) is 0.565. The lowest BCUT2D eigenvalue weighted by Crippen LogP contribution is -2.01. The molecule has 0 amide bonds. The van der Waals surface area contributed by atoms with Crippen LogP contribution in [0.3, 0.4) is 0 Å². The molecule has 1 aromatic carbocycles. The highest BCUT2D eigenvalue weighted by Gasteiger charge is 2.26. The van der Waals surface area contributed by atoms with Crippen molar-refractivity contribution >= 4 is 7.82 Å². The van der Waals surface area contributed by atoms with Crippen molar-refractivity contribution in [2.75, 3.05) is 6.61 Å². The van der Waals surface area contributed by atoms with Crippen molar-refractivity contribution in [3.8, 4) is 0 Å². The van der Waals surface area contributed by atoms with Crippen molar-refractivity contribution in [3.05, 3.63) is 60.6 Å². The summed E-state index contributed by atoms with van der Waals surface area (Å²) in [6.45, 7) is 11.5. The van der Waals surface area contributed by atoms with E-state index in [1.165, 1.54) is 55.2 Å². The third-order valence-corrected chi connectivity index (χ3v) is 5.95. The fourth-order valence-electron chi connectivity index (χ4n) is 3.16. The monoisotopic (exact) mass is 408 g/mol. The number of phosphoric acid groups is 1. The maximum absolute atomic E-state index is 12.2. The van der Waals surface area contributed by atoms with Gasteiger partial charge in [-0.15, -0.1) is 0 Å². The molecule has 0 radical (unpaired) electrons.